The van der Waals surface area contributed by atoms with E-state index in [2.05, 4.69) is 0 Å². The molecular formula is C13H19NO5. The standard InChI is InChI=1S/C13H19NO5/c1-4-19-13(16)10(14)6-8-5-9(17-2)7-11(18-3)12(8)15/h5,7,10,15H,4,6,14H2,1-3H3. The smallest absolute Gasteiger partial charge is 0.323 e. The van der Waals surface area contributed by atoms with Gasteiger partial charge in [-0.3, -0.25) is 4.79 Å². The quantitative estimate of drug-likeness (QED) is 0.744. The van der Waals surface area contributed by atoms with Gasteiger partial charge in [0, 0.05) is 18.1 Å². The van der Waals surface area contributed by atoms with Crippen LogP contribution < -0.4 is 15.2 Å². The van der Waals surface area contributed by atoms with Crippen molar-refractivity contribution in [3.05, 3.63) is 17.7 Å². The van der Waals surface area contributed by atoms with Gasteiger partial charge in [-0.15, -0.1) is 0 Å². The van der Waals surface area contributed by atoms with Crippen LogP contribution in [0.25, 0.3) is 0 Å². The molecule has 0 heterocycles. The lowest BCUT2D eigenvalue weighted by Crippen LogP contribution is -2.34. The van der Waals surface area contributed by atoms with Crippen LogP contribution in [-0.2, 0) is 16.0 Å². The molecule has 1 aromatic rings. The Morgan fingerprint density at radius 3 is 2.58 bits per heavy atom. The Balaban J connectivity index is 2.96. The molecule has 0 bridgehead atoms. The maximum Gasteiger partial charge on any atom is 0.323 e. The van der Waals surface area contributed by atoms with Gasteiger partial charge in [0.1, 0.15) is 11.8 Å². The minimum atomic E-state index is -0.845. The first-order valence-corrected chi connectivity index (χ1v) is 5.89. The SMILES string of the molecule is CCOC(=O)C(N)Cc1cc(OC)cc(OC)c1O. The molecule has 1 unspecified atom stereocenters. The van der Waals surface area contributed by atoms with Gasteiger partial charge in [-0.1, -0.05) is 0 Å². The van der Waals surface area contributed by atoms with Crippen molar-refractivity contribution in [2.75, 3.05) is 20.8 Å². The number of rotatable bonds is 6. The van der Waals surface area contributed by atoms with Crippen molar-refractivity contribution >= 4 is 5.97 Å². The minimum absolute atomic E-state index is 0.0527. The number of hydrogen-bond donors (Lipinski definition) is 2. The van der Waals surface area contributed by atoms with Gasteiger partial charge in [0.05, 0.1) is 20.8 Å². The maximum absolute atomic E-state index is 11.5. The molecule has 1 rings (SSSR count). The molecule has 1 atom stereocenters. The van der Waals surface area contributed by atoms with Crippen molar-refractivity contribution in [3.63, 3.8) is 0 Å². The fraction of sp³-hybridized carbons (Fsp3) is 0.462. The Morgan fingerprint density at radius 2 is 2.05 bits per heavy atom. The molecule has 106 valence electrons. The molecule has 0 spiro atoms. The third-order valence-electron chi connectivity index (χ3n) is 2.61. The summed E-state index contributed by atoms with van der Waals surface area (Å²) in [5.74, 6) is 0.220. The summed E-state index contributed by atoms with van der Waals surface area (Å²) in [4.78, 5) is 11.5. The van der Waals surface area contributed by atoms with E-state index in [1.165, 1.54) is 14.2 Å². The zero-order chi connectivity index (χ0) is 14.4. The van der Waals surface area contributed by atoms with E-state index in [-0.39, 0.29) is 24.5 Å². The van der Waals surface area contributed by atoms with Crippen LogP contribution in [-0.4, -0.2) is 37.9 Å². The van der Waals surface area contributed by atoms with Crippen molar-refractivity contribution in [1.82, 2.24) is 0 Å². The number of carbonyl (C=O) groups is 1. The monoisotopic (exact) mass is 269 g/mol. The van der Waals surface area contributed by atoms with E-state index in [4.69, 9.17) is 19.9 Å². The largest absolute Gasteiger partial charge is 0.504 e. The molecule has 0 radical (unpaired) electrons. The summed E-state index contributed by atoms with van der Waals surface area (Å²) in [7, 11) is 2.93. The molecule has 0 fully saturated rings. The van der Waals surface area contributed by atoms with Crippen LogP contribution >= 0.6 is 0 Å². The van der Waals surface area contributed by atoms with E-state index in [1.54, 1.807) is 19.1 Å². The number of nitrogens with two attached hydrogens (primary N) is 1. The lowest BCUT2D eigenvalue weighted by molar-refractivity contribution is -0.144. The first kappa shape index (κ1) is 15.1. The van der Waals surface area contributed by atoms with Crippen LogP contribution in [0.15, 0.2) is 12.1 Å². The lowest BCUT2D eigenvalue weighted by Gasteiger charge is -2.14. The maximum atomic E-state index is 11.5. The zero-order valence-electron chi connectivity index (χ0n) is 11.3. The Labute approximate surface area is 112 Å². The highest BCUT2D eigenvalue weighted by atomic mass is 16.5. The molecule has 3 N–H and O–H groups in total. The van der Waals surface area contributed by atoms with E-state index < -0.39 is 12.0 Å². The van der Waals surface area contributed by atoms with E-state index in [9.17, 15) is 9.90 Å². The number of aromatic hydroxyl groups is 1. The summed E-state index contributed by atoms with van der Waals surface area (Å²) in [6.45, 7) is 1.97. The second kappa shape index (κ2) is 6.84. The van der Waals surface area contributed by atoms with Crippen molar-refractivity contribution in [2.24, 2.45) is 5.73 Å². The molecule has 0 aliphatic carbocycles. The van der Waals surface area contributed by atoms with Crippen molar-refractivity contribution in [2.45, 2.75) is 19.4 Å². The van der Waals surface area contributed by atoms with Gasteiger partial charge >= 0.3 is 5.97 Å². The zero-order valence-corrected chi connectivity index (χ0v) is 11.3. The third kappa shape index (κ3) is 3.75. The van der Waals surface area contributed by atoms with E-state index >= 15 is 0 Å². The number of benzene rings is 1. The minimum Gasteiger partial charge on any atom is -0.504 e. The van der Waals surface area contributed by atoms with Crippen LogP contribution in [0.4, 0.5) is 0 Å². The third-order valence-corrected chi connectivity index (χ3v) is 2.61. The predicted molar refractivity (Wildman–Crippen MR) is 69.5 cm³/mol. The summed E-state index contributed by atoms with van der Waals surface area (Å²) in [5.41, 5.74) is 6.19. The Kier molecular flexibility index (Phi) is 5.44. The van der Waals surface area contributed by atoms with Crippen LogP contribution in [0.5, 0.6) is 17.2 Å². The van der Waals surface area contributed by atoms with Crippen LogP contribution in [0.3, 0.4) is 0 Å². The molecule has 1 aromatic carbocycles. The first-order chi connectivity index (χ1) is 9.03. The number of carbonyl (C=O) groups excluding carboxylic acids is 1. The average Bonchev–Trinajstić information content (AvgIpc) is 2.41. The average molecular weight is 269 g/mol. The van der Waals surface area contributed by atoms with Gasteiger partial charge in [-0.2, -0.15) is 0 Å². The molecule has 6 heteroatoms. The van der Waals surface area contributed by atoms with Crippen LogP contribution in [0.1, 0.15) is 12.5 Å². The molecule has 0 saturated heterocycles. The number of phenolic OH excluding ortho intramolecular Hbond substituents is 1. The summed E-state index contributed by atoms with van der Waals surface area (Å²) >= 11 is 0. The van der Waals surface area contributed by atoms with Crippen molar-refractivity contribution < 1.29 is 24.1 Å². The summed E-state index contributed by atoms with van der Waals surface area (Å²) in [5, 5.41) is 9.98. The van der Waals surface area contributed by atoms with Gasteiger partial charge in [-0.05, 0) is 13.0 Å². The number of ether oxygens (including phenoxy) is 3. The fourth-order valence-corrected chi connectivity index (χ4v) is 1.64. The van der Waals surface area contributed by atoms with Crippen LogP contribution in [0.2, 0.25) is 0 Å². The Bertz CT molecular complexity index is 447. The molecule has 19 heavy (non-hydrogen) atoms. The van der Waals surface area contributed by atoms with Crippen molar-refractivity contribution in [1.29, 1.82) is 0 Å². The number of hydrogen-bond acceptors (Lipinski definition) is 6. The fourth-order valence-electron chi connectivity index (χ4n) is 1.64. The summed E-state index contributed by atoms with van der Waals surface area (Å²) < 4.78 is 14.9. The highest BCUT2D eigenvalue weighted by molar-refractivity contribution is 5.76. The molecule has 0 aliphatic rings. The molecular weight excluding hydrogens is 250 g/mol. The lowest BCUT2D eigenvalue weighted by atomic mass is 10.0. The van der Waals surface area contributed by atoms with Gasteiger partial charge in [0.2, 0.25) is 0 Å². The Hall–Kier alpha value is -1.95. The van der Waals surface area contributed by atoms with Gasteiger partial charge in [-0.25, -0.2) is 0 Å². The second-order valence-corrected chi connectivity index (χ2v) is 3.90. The van der Waals surface area contributed by atoms with Crippen molar-refractivity contribution in [3.8, 4) is 17.2 Å². The van der Waals surface area contributed by atoms with Gasteiger partial charge in [0.15, 0.2) is 11.5 Å². The highest BCUT2D eigenvalue weighted by Crippen LogP contribution is 2.35. The first-order valence-electron chi connectivity index (χ1n) is 5.89. The predicted octanol–water partition coefficient (Wildman–Crippen LogP) is 0.842. The topological polar surface area (TPSA) is 91.0 Å². The highest BCUT2D eigenvalue weighted by Gasteiger charge is 2.19. The molecule has 0 saturated carbocycles. The molecule has 6 nitrogen and oxygen atoms in total. The molecule has 0 aliphatic heterocycles. The summed E-state index contributed by atoms with van der Waals surface area (Å²) in [6, 6.07) is 2.31. The van der Waals surface area contributed by atoms with E-state index in [1.807, 2.05) is 0 Å². The van der Waals surface area contributed by atoms with Gasteiger partial charge < -0.3 is 25.1 Å². The van der Waals surface area contributed by atoms with E-state index in [0.29, 0.717) is 11.3 Å². The molecule has 0 amide bonds. The Morgan fingerprint density at radius 1 is 1.37 bits per heavy atom. The van der Waals surface area contributed by atoms with E-state index in [0.717, 1.165) is 0 Å². The number of methoxy groups -OCH3 is 2. The summed E-state index contributed by atoms with van der Waals surface area (Å²) in [6.07, 6.45) is 0.137. The second-order valence-electron chi connectivity index (χ2n) is 3.90. The van der Waals surface area contributed by atoms with Crippen LogP contribution in [0, 0.1) is 0 Å². The molecule has 0 aromatic heterocycles. The number of esters is 1. The van der Waals surface area contributed by atoms with Gasteiger partial charge in [0.25, 0.3) is 0 Å². The normalized spacial score (nSPS) is 11.8. The number of phenols is 1.